The molecule has 0 N–H and O–H groups in total. The molecule has 0 aliphatic carbocycles. The van der Waals surface area contributed by atoms with E-state index in [1.807, 2.05) is 39.8 Å². The first-order valence-corrected chi connectivity index (χ1v) is 13.7. The zero-order valence-corrected chi connectivity index (χ0v) is 24.6. The average molecular weight is 551 g/mol. The van der Waals surface area contributed by atoms with E-state index in [1.54, 1.807) is 25.3 Å². The van der Waals surface area contributed by atoms with Crippen molar-refractivity contribution < 1.29 is 28.6 Å². The highest BCUT2D eigenvalue weighted by Crippen LogP contribution is 2.36. The summed E-state index contributed by atoms with van der Waals surface area (Å²) in [5.41, 5.74) is 1.54. The van der Waals surface area contributed by atoms with Gasteiger partial charge < -0.3 is 19.1 Å². The summed E-state index contributed by atoms with van der Waals surface area (Å²) in [7, 11) is 1.31. The Bertz CT molecular complexity index is 1260. The van der Waals surface area contributed by atoms with Gasteiger partial charge in [-0.05, 0) is 41.0 Å². The highest BCUT2D eigenvalue weighted by molar-refractivity contribution is 5.92. The van der Waals surface area contributed by atoms with Gasteiger partial charge in [0.15, 0.2) is 0 Å². The molecule has 0 radical (unpaired) electrons. The third-order valence-electron chi connectivity index (χ3n) is 7.53. The van der Waals surface area contributed by atoms with Crippen LogP contribution in [-0.2, 0) is 23.9 Å². The van der Waals surface area contributed by atoms with Crippen LogP contribution in [0, 0.1) is 24.2 Å². The van der Waals surface area contributed by atoms with Crippen molar-refractivity contribution in [2.45, 2.75) is 59.6 Å². The number of likely N-dealkylation sites (tertiary alicyclic amines) is 1. The fourth-order valence-electron chi connectivity index (χ4n) is 5.07. The first kappa shape index (κ1) is 31.0. The Labute approximate surface area is 237 Å². The van der Waals surface area contributed by atoms with E-state index < -0.39 is 29.4 Å². The Morgan fingerprint density at radius 2 is 1.95 bits per heavy atom. The van der Waals surface area contributed by atoms with E-state index in [0.29, 0.717) is 12.5 Å². The summed E-state index contributed by atoms with van der Waals surface area (Å²) in [4.78, 5) is 45.9. The van der Waals surface area contributed by atoms with E-state index >= 15 is 0 Å². The standard InChI is InChI=1S/C32H42N2O6/c1-9-13-39-19-21(4)28(35)17-26(32(5,6)7)30(36)34-18-24(16-27(34)31(37)38-8)40-29-25-15-22(10-2)20(3)14-23(25)11-12-33-29/h9-12,14-15,21,24,26-27H,1-2,13,16-19H2,3-8H3/t21-,24+,26+,27-/m0/s1. The minimum atomic E-state index is -0.822. The highest BCUT2D eigenvalue weighted by atomic mass is 16.5. The molecule has 2 aromatic rings. The number of Topliss-reactive ketones (excluding diaryl/α,β-unsaturated/α-hetero) is 1. The first-order chi connectivity index (χ1) is 18.9. The first-order valence-electron chi connectivity index (χ1n) is 13.7. The van der Waals surface area contributed by atoms with Gasteiger partial charge in [0.2, 0.25) is 11.8 Å². The quantitative estimate of drug-likeness (QED) is 0.204. The van der Waals surface area contributed by atoms with Crippen LogP contribution >= 0.6 is 0 Å². The Morgan fingerprint density at radius 3 is 2.58 bits per heavy atom. The molecule has 0 unspecified atom stereocenters. The zero-order valence-electron chi connectivity index (χ0n) is 24.6. The number of hydrogen-bond acceptors (Lipinski definition) is 7. The number of benzene rings is 1. The molecule has 1 aliphatic rings. The summed E-state index contributed by atoms with van der Waals surface area (Å²) in [5, 5.41) is 1.80. The molecule has 1 aromatic carbocycles. The molecule has 3 rings (SSSR count). The largest absolute Gasteiger partial charge is 0.472 e. The molecule has 40 heavy (non-hydrogen) atoms. The molecule has 0 saturated carbocycles. The van der Waals surface area contributed by atoms with Crippen molar-refractivity contribution in [3.05, 3.63) is 54.8 Å². The van der Waals surface area contributed by atoms with Crippen molar-refractivity contribution in [1.29, 1.82) is 0 Å². The maximum absolute atomic E-state index is 14.0. The van der Waals surface area contributed by atoms with Crippen LogP contribution in [0.15, 0.2) is 43.6 Å². The van der Waals surface area contributed by atoms with E-state index in [-0.39, 0.29) is 43.6 Å². The summed E-state index contributed by atoms with van der Waals surface area (Å²) in [6.45, 7) is 17.9. The topological polar surface area (TPSA) is 95.0 Å². The summed E-state index contributed by atoms with van der Waals surface area (Å²) < 4.78 is 16.8. The Hall–Kier alpha value is -3.52. The normalized spacial score (nSPS) is 18.7. The van der Waals surface area contributed by atoms with Gasteiger partial charge in [-0.3, -0.25) is 9.59 Å². The van der Waals surface area contributed by atoms with Crippen LogP contribution in [-0.4, -0.2) is 66.6 Å². The third-order valence-corrected chi connectivity index (χ3v) is 7.53. The maximum Gasteiger partial charge on any atom is 0.328 e. The van der Waals surface area contributed by atoms with Crippen molar-refractivity contribution in [1.82, 2.24) is 9.88 Å². The minimum absolute atomic E-state index is 0.0470. The molecule has 1 saturated heterocycles. The van der Waals surface area contributed by atoms with Crippen molar-refractivity contribution >= 4 is 34.5 Å². The molecule has 0 spiro atoms. The number of carbonyl (C=O) groups is 3. The van der Waals surface area contributed by atoms with Crippen LogP contribution < -0.4 is 4.74 Å². The number of aryl methyl sites for hydroxylation is 1. The Balaban J connectivity index is 1.86. The van der Waals surface area contributed by atoms with Crippen LogP contribution in [0.2, 0.25) is 0 Å². The molecule has 1 fully saturated rings. The molecule has 1 amide bonds. The second-order valence-corrected chi connectivity index (χ2v) is 11.6. The molecule has 216 valence electrons. The lowest BCUT2D eigenvalue weighted by Gasteiger charge is -2.34. The smallest absolute Gasteiger partial charge is 0.328 e. The van der Waals surface area contributed by atoms with Gasteiger partial charge in [0.25, 0.3) is 0 Å². The van der Waals surface area contributed by atoms with Crippen LogP contribution in [0.1, 0.15) is 51.7 Å². The molecular formula is C32H42N2O6. The lowest BCUT2D eigenvalue weighted by Crippen LogP contribution is -2.48. The molecule has 0 bridgehead atoms. The minimum Gasteiger partial charge on any atom is -0.472 e. The highest BCUT2D eigenvalue weighted by Gasteiger charge is 2.46. The van der Waals surface area contributed by atoms with E-state index in [9.17, 15) is 14.4 Å². The van der Waals surface area contributed by atoms with E-state index in [2.05, 4.69) is 24.2 Å². The molecule has 8 nitrogen and oxygen atoms in total. The predicted molar refractivity (Wildman–Crippen MR) is 156 cm³/mol. The van der Waals surface area contributed by atoms with Crippen LogP contribution in [0.5, 0.6) is 5.88 Å². The number of ketones is 1. The number of nitrogens with zero attached hydrogens (tertiary/aromatic N) is 2. The van der Waals surface area contributed by atoms with E-state index in [1.165, 1.54) is 12.0 Å². The van der Waals surface area contributed by atoms with Gasteiger partial charge in [0.05, 0.1) is 26.9 Å². The number of ether oxygens (including phenoxy) is 3. The van der Waals surface area contributed by atoms with Gasteiger partial charge in [-0.25, -0.2) is 9.78 Å². The van der Waals surface area contributed by atoms with Gasteiger partial charge in [0, 0.05) is 36.3 Å². The number of aromatic nitrogens is 1. The Kier molecular flexibility index (Phi) is 10.3. The van der Waals surface area contributed by atoms with Crippen LogP contribution in [0.4, 0.5) is 0 Å². The molecule has 2 heterocycles. The second kappa shape index (κ2) is 13.2. The number of hydrogen-bond donors (Lipinski definition) is 0. The van der Waals surface area contributed by atoms with Gasteiger partial charge in [-0.2, -0.15) is 0 Å². The van der Waals surface area contributed by atoms with Crippen LogP contribution in [0.25, 0.3) is 16.8 Å². The number of esters is 1. The summed E-state index contributed by atoms with van der Waals surface area (Å²) in [6.07, 6.45) is 4.92. The van der Waals surface area contributed by atoms with Gasteiger partial charge in [-0.1, -0.05) is 52.5 Å². The van der Waals surface area contributed by atoms with Gasteiger partial charge in [-0.15, -0.1) is 6.58 Å². The number of amides is 1. The number of rotatable bonds is 12. The summed E-state index contributed by atoms with van der Waals surface area (Å²) in [6, 6.07) is 5.13. The average Bonchev–Trinajstić information content (AvgIpc) is 3.33. The number of fused-ring (bicyclic) bond motifs is 1. The number of pyridine rings is 1. The lowest BCUT2D eigenvalue weighted by atomic mass is 9.75. The van der Waals surface area contributed by atoms with Crippen molar-refractivity contribution in [3.63, 3.8) is 0 Å². The fourth-order valence-corrected chi connectivity index (χ4v) is 5.07. The van der Waals surface area contributed by atoms with Crippen LogP contribution in [0.3, 0.4) is 0 Å². The maximum atomic E-state index is 14.0. The Morgan fingerprint density at radius 1 is 1.23 bits per heavy atom. The molecule has 4 atom stereocenters. The predicted octanol–water partition coefficient (Wildman–Crippen LogP) is 5.17. The van der Waals surface area contributed by atoms with Crippen molar-refractivity contribution in [2.24, 2.45) is 17.3 Å². The van der Waals surface area contributed by atoms with E-state index in [4.69, 9.17) is 14.2 Å². The van der Waals surface area contributed by atoms with Gasteiger partial charge in [0.1, 0.15) is 17.9 Å². The third kappa shape index (κ3) is 7.16. The molecule has 1 aromatic heterocycles. The number of carbonyl (C=O) groups excluding carboxylic acids is 3. The SMILES string of the molecule is C=CCOC[C@H](C)C(=O)C[C@H](C(=O)N1C[C@H](Oc2nccc3cc(C)c(C=C)cc23)C[C@H]1C(=O)OC)C(C)(C)C. The zero-order chi connectivity index (χ0) is 29.6. The molecular weight excluding hydrogens is 508 g/mol. The van der Waals surface area contributed by atoms with Crippen molar-refractivity contribution in [3.8, 4) is 5.88 Å². The molecule has 1 aliphatic heterocycles. The summed E-state index contributed by atoms with van der Waals surface area (Å²) in [5.74, 6) is -1.42. The van der Waals surface area contributed by atoms with Gasteiger partial charge >= 0.3 is 5.97 Å². The molecule has 8 heteroatoms. The number of methoxy groups -OCH3 is 1. The fraction of sp³-hybridized carbons (Fsp3) is 0.500. The van der Waals surface area contributed by atoms with E-state index in [0.717, 1.165) is 21.9 Å². The van der Waals surface area contributed by atoms with Crippen molar-refractivity contribution in [2.75, 3.05) is 26.9 Å². The lowest BCUT2D eigenvalue weighted by molar-refractivity contribution is -0.154. The monoisotopic (exact) mass is 550 g/mol. The summed E-state index contributed by atoms with van der Waals surface area (Å²) >= 11 is 0. The second-order valence-electron chi connectivity index (χ2n) is 11.6.